The first-order valence-electron chi connectivity index (χ1n) is 6.38. The molecule has 0 radical (unpaired) electrons. The summed E-state index contributed by atoms with van der Waals surface area (Å²) < 4.78 is 4.71. The first-order valence-corrected chi connectivity index (χ1v) is 6.38. The van der Waals surface area contributed by atoms with Crippen molar-refractivity contribution in [1.29, 1.82) is 0 Å². The second-order valence-electron chi connectivity index (χ2n) is 5.28. The summed E-state index contributed by atoms with van der Waals surface area (Å²) in [4.78, 5) is 23.9. The SMILES string of the molecule is COC(=O)C1(C(=O)Nc2cc(C)c(C)cc2C)CC1. The average Bonchev–Trinajstić information content (AvgIpc) is 3.16. The topological polar surface area (TPSA) is 55.4 Å². The molecule has 0 bridgehead atoms. The third-order valence-corrected chi connectivity index (χ3v) is 3.85. The maximum atomic E-state index is 12.2. The molecule has 1 saturated carbocycles. The fourth-order valence-electron chi connectivity index (χ4n) is 2.18. The van der Waals surface area contributed by atoms with Crippen molar-refractivity contribution < 1.29 is 14.3 Å². The molecule has 0 unspecified atom stereocenters. The van der Waals surface area contributed by atoms with Gasteiger partial charge < -0.3 is 10.1 Å². The number of aryl methyl sites for hydroxylation is 3. The number of carbonyl (C=O) groups is 2. The van der Waals surface area contributed by atoms with Gasteiger partial charge in [0.1, 0.15) is 5.41 Å². The largest absolute Gasteiger partial charge is 0.468 e. The smallest absolute Gasteiger partial charge is 0.321 e. The predicted molar refractivity (Wildman–Crippen MR) is 73.0 cm³/mol. The molecule has 1 fully saturated rings. The zero-order chi connectivity index (χ0) is 14.2. The van der Waals surface area contributed by atoms with Gasteiger partial charge >= 0.3 is 5.97 Å². The van der Waals surface area contributed by atoms with E-state index in [-0.39, 0.29) is 5.91 Å². The Morgan fingerprint density at radius 1 is 1.11 bits per heavy atom. The molecule has 1 aliphatic rings. The Bertz CT molecular complexity index is 545. The van der Waals surface area contributed by atoms with Crippen molar-refractivity contribution in [1.82, 2.24) is 0 Å². The molecule has 1 aromatic carbocycles. The minimum absolute atomic E-state index is 0.259. The van der Waals surface area contributed by atoms with Crippen LogP contribution < -0.4 is 5.32 Å². The highest BCUT2D eigenvalue weighted by Gasteiger charge is 2.57. The summed E-state index contributed by atoms with van der Waals surface area (Å²) in [5, 5.41) is 2.86. The van der Waals surface area contributed by atoms with Gasteiger partial charge in [0.25, 0.3) is 0 Å². The number of ether oxygens (including phenoxy) is 1. The van der Waals surface area contributed by atoms with Crippen molar-refractivity contribution in [3.63, 3.8) is 0 Å². The molecule has 4 nitrogen and oxygen atoms in total. The van der Waals surface area contributed by atoms with Crippen molar-refractivity contribution >= 4 is 17.6 Å². The fourth-order valence-corrected chi connectivity index (χ4v) is 2.18. The lowest BCUT2D eigenvalue weighted by Gasteiger charge is -2.15. The van der Waals surface area contributed by atoms with Crippen LogP contribution in [-0.4, -0.2) is 19.0 Å². The molecule has 1 amide bonds. The Hall–Kier alpha value is -1.84. The molecule has 2 rings (SSSR count). The van der Waals surface area contributed by atoms with E-state index >= 15 is 0 Å². The maximum absolute atomic E-state index is 12.2. The lowest BCUT2D eigenvalue weighted by Crippen LogP contribution is -2.32. The average molecular weight is 261 g/mol. The molecular weight excluding hydrogens is 242 g/mol. The first kappa shape index (κ1) is 13.6. The van der Waals surface area contributed by atoms with Gasteiger partial charge in [0.15, 0.2) is 0 Å². The van der Waals surface area contributed by atoms with Crippen molar-refractivity contribution in [3.05, 3.63) is 28.8 Å². The Kier molecular flexibility index (Phi) is 3.35. The number of nitrogens with one attached hydrogen (secondary N) is 1. The lowest BCUT2D eigenvalue weighted by molar-refractivity contribution is -0.150. The second-order valence-corrected chi connectivity index (χ2v) is 5.28. The van der Waals surface area contributed by atoms with E-state index in [1.54, 1.807) is 0 Å². The summed E-state index contributed by atoms with van der Waals surface area (Å²) in [6.45, 7) is 5.97. The Labute approximate surface area is 113 Å². The molecule has 4 heteroatoms. The zero-order valence-electron chi connectivity index (χ0n) is 11.8. The molecule has 0 heterocycles. The highest BCUT2D eigenvalue weighted by Crippen LogP contribution is 2.47. The van der Waals surface area contributed by atoms with Gasteiger partial charge in [-0.25, -0.2) is 0 Å². The maximum Gasteiger partial charge on any atom is 0.321 e. The molecular formula is C15H19NO3. The molecule has 102 valence electrons. The van der Waals surface area contributed by atoms with E-state index in [1.165, 1.54) is 12.7 Å². The Balaban J connectivity index is 2.21. The van der Waals surface area contributed by atoms with Gasteiger partial charge in [0.2, 0.25) is 5.91 Å². The third kappa shape index (κ3) is 2.35. The van der Waals surface area contributed by atoms with E-state index in [1.807, 2.05) is 32.9 Å². The molecule has 0 aliphatic heterocycles. The normalized spacial score (nSPS) is 15.8. The number of methoxy groups -OCH3 is 1. The molecule has 0 saturated heterocycles. The number of carbonyl (C=O) groups excluding carboxylic acids is 2. The first-order chi connectivity index (χ1) is 8.90. The van der Waals surface area contributed by atoms with E-state index < -0.39 is 11.4 Å². The van der Waals surface area contributed by atoms with Gasteiger partial charge in [-0.15, -0.1) is 0 Å². The van der Waals surface area contributed by atoms with Crippen LogP contribution in [0, 0.1) is 26.2 Å². The Morgan fingerprint density at radius 2 is 1.68 bits per heavy atom. The van der Waals surface area contributed by atoms with Crippen LogP contribution in [0.2, 0.25) is 0 Å². The Morgan fingerprint density at radius 3 is 2.21 bits per heavy atom. The van der Waals surface area contributed by atoms with E-state index in [0.717, 1.165) is 16.8 Å². The van der Waals surface area contributed by atoms with Gasteiger partial charge in [0, 0.05) is 5.69 Å². The standard InChI is InChI=1S/C15H19NO3/c1-9-7-11(3)12(8-10(9)2)16-13(17)15(5-6-15)14(18)19-4/h7-8H,5-6H2,1-4H3,(H,16,17). The van der Waals surface area contributed by atoms with Gasteiger partial charge in [0.05, 0.1) is 7.11 Å². The van der Waals surface area contributed by atoms with Crippen molar-refractivity contribution in [2.45, 2.75) is 33.6 Å². The summed E-state index contributed by atoms with van der Waals surface area (Å²) in [6.07, 6.45) is 1.13. The molecule has 0 aromatic heterocycles. The van der Waals surface area contributed by atoms with Crippen LogP contribution in [0.4, 0.5) is 5.69 Å². The van der Waals surface area contributed by atoms with Crippen molar-refractivity contribution in [2.24, 2.45) is 5.41 Å². The van der Waals surface area contributed by atoms with Crippen molar-refractivity contribution in [2.75, 3.05) is 12.4 Å². The van der Waals surface area contributed by atoms with Crippen LogP contribution in [0.1, 0.15) is 29.5 Å². The lowest BCUT2D eigenvalue weighted by atomic mass is 10.0. The van der Waals surface area contributed by atoms with Gasteiger partial charge in [-0.3, -0.25) is 9.59 Å². The minimum atomic E-state index is -0.958. The number of amides is 1. The summed E-state index contributed by atoms with van der Waals surface area (Å²) >= 11 is 0. The van der Waals surface area contributed by atoms with Crippen LogP contribution in [0.15, 0.2) is 12.1 Å². The monoisotopic (exact) mass is 261 g/mol. The third-order valence-electron chi connectivity index (χ3n) is 3.85. The van der Waals surface area contributed by atoms with Gasteiger partial charge in [-0.05, 0) is 56.4 Å². The van der Waals surface area contributed by atoms with Crippen LogP contribution in [0.5, 0.6) is 0 Å². The second kappa shape index (κ2) is 4.68. The summed E-state index contributed by atoms with van der Waals surface area (Å²) in [6, 6.07) is 3.97. The van der Waals surface area contributed by atoms with E-state index in [2.05, 4.69) is 5.32 Å². The van der Waals surface area contributed by atoms with Gasteiger partial charge in [-0.2, -0.15) is 0 Å². The van der Waals surface area contributed by atoms with Crippen molar-refractivity contribution in [3.8, 4) is 0 Å². The number of hydrogen-bond donors (Lipinski definition) is 1. The highest BCUT2D eigenvalue weighted by atomic mass is 16.5. The molecule has 0 spiro atoms. The summed E-state index contributed by atoms with van der Waals surface area (Å²) in [5.74, 6) is -0.697. The highest BCUT2D eigenvalue weighted by molar-refractivity contribution is 6.11. The number of hydrogen-bond acceptors (Lipinski definition) is 3. The van der Waals surface area contributed by atoms with Crippen LogP contribution >= 0.6 is 0 Å². The van der Waals surface area contributed by atoms with E-state index in [4.69, 9.17) is 4.74 Å². The van der Waals surface area contributed by atoms with Crippen LogP contribution in [0.3, 0.4) is 0 Å². The van der Waals surface area contributed by atoms with Gasteiger partial charge in [-0.1, -0.05) is 6.07 Å². The summed E-state index contributed by atoms with van der Waals surface area (Å²) in [7, 11) is 1.32. The number of esters is 1. The van der Waals surface area contributed by atoms with Crippen LogP contribution in [-0.2, 0) is 14.3 Å². The summed E-state index contributed by atoms with van der Waals surface area (Å²) in [5.41, 5.74) is 3.11. The van der Waals surface area contributed by atoms with E-state index in [9.17, 15) is 9.59 Å². The minimum Gasteiger partial charge on any atom is -0.468 e. The molecule has 1 aliphatic carbocycles. The molecule has 19 heavy (non-hydrogen) atoms. The van der Waals surface area contributed by atoms with E-state index in [0.29, 0.717) is 12.8 Å². The zero-order valence-corrected chi connectivity index (χ0v) is 11.8. The van der Waals surface area contributed by atoms with Crippen LogP contribution in [0.25, 0.3) is 0 Å². The number of benzene rings is 1. The fraction of sp³-hybridized carbons (Fsp3) is 0.467. The quantitative estimate of drug-likeness (QED) is 0.672. The number of anilines is 1. The molecule has 0 atom stereocenters. The molecule has 1 aromatic rings. The number of rotatable bonds is 3. The molecule has 1 N–H and O–H groups in total. The predicted octanol–water partition coefficient (Wildman–Crippen LogP) is 2.50.